The van der Waals surface area contributed by atoms with Crippen molar-refractivity contribution in [2.45, 2.75) is 13.5 Å². The molecular formula is C19H19N3O2S. The summed E-state index contributed by atoms with van der Waals surface area (Å²) in [5.41, 5.74) is 4.00. The van der Waals surface area contributed by atoms with Crippen molar-refractivity contribution in [3.8, 4) is 17.0 Å². The summed E-state index contributed by atoms with van der Waals surface area (Å²) in [6, 6.07) is 15.8. The second kappa shape index (κ2) is 7.81. The number of amides is 1. The number of benzene rings is 2. The molecule has 0 aliphatic heterocycles. The van der Waals surface area contributed by atoms with Crippen LogP contribution in [0.15, 0.2) is 53.9 Å². The first-order chi connectivity index (χ1) is 12.1. The molecule has 0 aliphatic carbocycles. The second-order valence-electron chi connectivity index (χ2n) is 5.50. The summed E-state index contributed by atoms with van der Waals surface area (Å²) in [6.45, 7) is 2.05. The predicted molar refractivity (Wildman–Crippen MR) is 101 cm³/mol. The van der Waals surface area contributed by atoms with Crippen molar-refractivity contribution in [3.05, 3.63) is 59.5 Å². The Kier molecular flexibility index (Phi) is 5.30. The molecular weight excluding hydrogens is 334 g/mol. The number of anilines is 2. The maximum absolute atomic E-state index is 11.0. The lowest BCUT2D eigenvalue weighted by Crippen LogP contribution is -2.18. The van der Waals surface area contributed by atoms with Gasteiger partial charge in [0.25, 0.3) is 0 Å². The van der Waals surface area contributed by atoms with Gasteiger partial charge in [0.2, 0.25) is 5.91 Å². The average Bonchev–Trinajstić information content (AvgIpc) is 3.09. The number of methoxy groups -OCH3 is 1. The first-order valence-corrected chi connectivity index (χ1v) is 8.72. The molecule has 1 amide bonds. The van der Waals surface area contributed by atoms with Gasteiger partial charge in [-0.15, -0.1) is 11.3 Å². The number of carbonyl (C=O) groups excluding carboxylic acids is 1. The molecule has 6 heteroatoms. The van der Waals surface area contributed by atoms with E-state index < -0.39 is 0 Å². The maximum atomic E-state index is 11.0. The van der Waals surface area contributed by atoms with Crippen molar-refractivity contribution in [3.63, 3.8) is 0 Å². The molecule has 0 fully saturated rings. The van der Waals surface area contributed by atoms with E-state index >= 15 is 0 Å². The van der Waals surface area contributed by atoms with Crippen LogP contribution >= 0.6 is 11.3 Å². The topological polar surface area (TPSA) is 63.2 Å². The third-order valence-corrected chi connectivity index (χ3v) is 4.39. The van der Waals surface area contributed by atoms with Crippen molar-refractivity contribution in [2.24, 2.45) is 0 Å². The van der Waals surface area contributed by atoms with Crippen LogP contribution in [-0.2, 0) is 11.3 Å². The fourth-order valence-corrected chi connectivity index (χ4v) is 3.02. The molecule has 0 bridgehead atoms. The smallest absolute Gasteiger partial charge is 0.217 e. The Balaban J connectivity index is 1.66. The molecule has 5 nitrogen and oxygen atoms in total. The highest BCUT2D eigenvalue weighted by Crippen LogP contribution is 2.28. The van der Waals surface area contributed by atoms with Gasteiger partial charge in [0, 0.05) is 30.1 Å². The van der Waals surface area contributed by atoms with Gasteiger partial charge in [0.05, 0.1) is 12.8 Å². The van der Waals surface area contributed by atoms with E-state index in [1.807, 2.05) is 53.9 Å². The molecule has 3 aromatic rings. The lowest BCUT2D eigenvalue weighted by Gasteiger charge is -2.04. The number of aromatic nitrogens is 1. The third kappa shape index (κ3) is 4.58. The van der Waals surface area contributed by atoms with Gasteiger partial charge in [-0.25, -0.2) is 4.98 Å². The van der Waals surface area contributed by atoms with E-state index in [4.69, 9.17) is 4.74 Å². The quantitative estimate of drug-likeness (QED) is 0.697. The molecule has 0 saturated carbocycles. The summed E-state index contributed by atoms with van der Waals surface area (Å²) in [4.78, 5) is 15.6. The minimum absolute atomic E-state index is 0.0298. The molecule has 0 unspecified atom stereocenters. The Bertz CT molecular complexity index is 842. The molecule has 1 heterocycles. The average molecular weight is 353 g/mol. The fourth-order valence-electron chi connectivity index (χ4n) is 2.28. The number of hydrogen-bond donors (Lipinski definition) is 2. The van der Waals surface area contributed by atoms with Crippen LogP contribution in [0.4, 0.5) is 10.8 Å². The van der Waals surface area contributed by atoms with Crippen LogP contribution in [-0.4, -0.2) is 18.0 Å². The second-order valence-corrected chi connectivity index (χ2v) is 6.36. The Morgan fingerprint density at radius 3 is 2.48 bits per heavy atom. The Morgan fingerprint density at radius 1 is 1.12 bits per heavy atom. The van der Waals surface area contributed by atoms with Crippen molar-refractivity contribution >= 4 is 28.1 Å². The summed E-state index contributed by atoms with van der Waals surface area (Å²) < 4.78 is 5.16. The number of thiazole rings is 1. The molecule has 3 rings (SSSR count). The zero-order chi connectivity index (χ0) is 17.6. The number of ether oxygens (including phenoxy) is 1. The first-order valence-electron chi connectivity index (χ1n) is 7.84. The highest BCUT2D eigenvalue weighted by atomic mass is 32.1. The number of nitrogens with one attached hydrogen (secondary N) is 2. The van der Waals surface area contributed by atoms with Crippen molar-refractivity contribution < 1.29 is 9.53 Å². The highest BCUT2D eigenvalue weighted by Gasteiger charge is 2.05. The summed E-state index contributed by atoms with van der Waals surface area (Å²) in [7, 11) is 1.65. The molecule has 128 valence electrons. The number of rotatable bonds is 6. The van der Waals surface area contributed by atoms with Gasteiger partial charge in [-0.1, -0.05) is 24.3 Å². The number of hydrogen-bond acceptors (Lipinski definition) is 5. The molecule has 0 radical (unpaired) electrons. The minimum atomic E-state index is -0.0298. The van der Waals surface area contributed by atoms with E-state index in [-0.39, 0.29) is 5.91 Å². The van der Waals surface area contributed by atoms with Crippen LogP contribution in [0.5, 0.6) is 5.75 Å². The molecule has 0 saturated heterocycles. The normalized spacial score (nSPS) is 10.3. The van der Waals surface area contributed by atoms with Crippen LogP contribution in [0.2, 0.25) is 0 Å². The molecule has 2 aromatic carbocycles. The predicted octanol–water partition coefficient (Wildman–Crippen LogP) is 4.20. The molecule has 2 N–H and O–H groups in total. The summed E-state index contributed by atoms with van der Waals surface area (Å²) in [5, 5.41) is 8.94. The van der Waals surface area contributed by atoms with Crippen LogP contribution in [0.1, 0.15) is 12.5 Å². The fraction of sp³-hybridized carbons (Fsp3) is 0.158. The third-order valence-electron chi connectivity index (χ3n) is 3.64. The Morgan fingerprint density at radius 2 is 1.84 bits per heavy atom. The molecule has 0 spiro atoms. The van der Waals surface area contributed by atoms with Crippen LogP contribution in [0, 0.1) is 0 Å². The van der Waals surface area contributed by atoms with E-state index in [9.17, 15) is 4.79 Å². The van der Waals surface area contributed by atoms with Gasteiger partial charge in [0.1, 0.15) is 5.75 Å². The van der Waals surface area contributed by atoms with Gasteiger partial charge in [-0.3, -0.25) is 4.79 Å². The minimum Gasteiger partial charge on any atom is -0.497 e. The molecule has 0 atom stereocenters. The van der Waals surface area contributed by atoms with Crippen molar-refractivity contribution in [2.75, 3.05) is 12.4 Å². The van der Waals surface area contributed by atoms with E-state index in [1.165, 1.54) is 6.92 Å². The summed E-state index contributed by atoms with van der Waals surface area (Å²) in [5.74, 6) is 0.794. The largest absolute Gasteiger partial charge is 0.497 e. The van der Waals surface area contributed by atoms with Crippen molar-refractivity contribution in [1.82, 2.24) is 10.3 Å². The first kappa shape index (κ1) is 17.0. The van der Waals surface area contributed by atoms with Crippen LogP contribution in [0.25, 0.3) is 11.3 Å². The Labute approximate surface area is 150 Å². The van der Waals surface area contributed by atoms with Gasteiger partial charge in [0.15, 0.2) is 5.13 Å². The lowest BCUT2D eigenvalue weighted by atomic mass is 10.1. The SMILES string of the molecule is COc1ccc(Nc2nc(-c3ccc(CNC(C)=O)cc3)cs2)cc1. The summed E-state index contributed by atoms with van der Waals surface area (Å²) in [6.07, 6.45) is 0. The number of nitrogens with zero attached hydrogens (tertiary/aromatic N) is 1. The summed E-state index contributed by atoms with van der Waals surface area (Å²) >= 11 is 1.56. The standard InChI is InChI=1S/C19H19N3O2S/c1-13(23)20-11-14-3-5-15(6-4-14)18-12-25-19(22-18)21-16-7-9-17(24-2)10-8-16/h3-10,12H,11H2,1-2H3,(H,20,23)(H,21,22). The maximum Gasteiger partial charge on any atom is 0.217 e. The highest BCUT2D eigenvalue weighted by molar-refractivity contribution is 7.14. The van der Waals surface area contributed by atoms with Gasteiger partial charge in [-0.2, -0.15) is 0 Å². The van der Waals surface area contributed by atoms with Crippen LogP contribution in [0.3, 0.4) is 0 Å². The van der Waals surface area contributed by atoms with E-state index in [1.54, 1.807) is 18.4 Å². The van der Waals surface area contributed by atoms with E-state index in [0.717, 1.165) is 33.4 Å². The molecule has 1 aromatic heterocycles. The number of carbonyl (C=O) groups is 1. The monoisotopic (exact) mass is 353 g/mol. The van der Waals surface area contributed by atoms with E-state index in [2.05, 4.69) is 15.6 Å². The van der Waals surface area contributed by atoms with Gasteiger partial charge >= 0.3 is 0 Å². The molecule has 0 aliphatic rings. The Hall–Kier alpha value is -2.86. The zero-order valence-corrected chi connectivity index (χ0v) is 14.9. The van der Waals surface area contributed by atoms with Gasteiger partial charge in [-0.05, 0) is 29.8 Å². The zero-order valence-electron chi connectivity index (χ0n) is 14.1. The van der Waals surface area contributed by atoms with Gasteiger partial charge < -0.3 is 15.4 Å². The van der Waals surface area contributed by atoms with Crippen LogP contribution < -0.4 is 15.4 Å². The lowest BCUT2D eigenvalue weighted by molar-refractivity contribution is -0.119. The van der Waals surface area contributed by atoms with E-state index in [0.29, 0.717) is 6.54 Å². The molecule has 25 heavy (non-hydrogen) atoms. The van der Waals surface area contributed by atoms with Crippen molar-refractivity contribution in [1.29, 1.82) is 0 Å².